The van der Waals surface area contributed by atoms with E-state index in [1.165, 1.54) is 0 Å². The summed E-state index contributed by atoms with van der Waals surface area (Å²) in [7, 11) is 0. The third-order valence-electron chi connectivity index (χ3n) is 3.20. The Hall–Kier alpha value is -1.46. The van der Waals surface area contributed by atoms with Crippen LogP contribution in [0.2, 0.25) is 0 Å². The zero-order valence-corrected chi connectivity index (χ0v) is 12.5. The van der Waals surface area contributed by atoms with E-state index in [1.807, 2.05) is 32.0 Å². The first-order valence-corrected chi connectivity index (χ1v) is 6.57. The molecule has 0 spiro atoms. The summed E-state index contributed by atoms with van der Waals surface area (Å²) in [5.41, 5.74) is 6.67. The fourth-order valence-corrected chi connectivity index (χ4v) is 1.92. The zero-order chi connectivity index (χ0) is 13.8. The number of amides is 1. The first kappa shape index (κ1) is 16.6. The zero-order valence-electron chi connectivity index (χ0n) is 11.7. The van der Waals surface area contributed by atoms with Crippen LogP contribution in [-0.2, 0) is 4.79 Å². The van der Waals surface area contributed by atoms with Crippen molar-refractivity contribution in [2.75, 3.05) is 13.2 Å². The van der Waals surface area contributed by atoms with Crippen molar-refractivity contribution < 1.29 is 14.3 Å². The van der Waals surface area contributed by atoms with Crippen LogP contribution in [0, 0.1) is 0 Å². The number of carbonyl (C=O) groups excluding carboxylic acids is 1. The number of nitrogens with two attached hydrogens (primary N) is 1. The first-order valence-electron chi connectivity index (χ1n) is 6.57. The number of fused-ring (bicyclic) bond motifs is 1. The highest BCUT2D eigenvalue weighted by molar-refractivity contribution is 5.85. The second-order valence-electron chi connectivity index (χ2n) is 4.65. The smallest absolute Gasteiger partial charge is 0.237 e. The normalized spacial score (nSPS) is 15.8. The number of nitrogens with one attached hydrogen (secondary N) is 1. The van der Waals surface area contributed by atoms with Crippen LogP contribution in [0.15, 0.2) is 18.2 Å². The minimum atomic E-state index is -0.459. The maximum Gasteiger partial charge on any atom is 0.237 e. The third-order valence-corrected chi connectivity index (χ3v) is 3.20. The Morgan fingerprint density at radius 2 is 2.00 bits per heavy atom. The van der Waals surface area contributed by atoms with Crippen molar-refractivity contribution >= 4 is 18.3 Å². The lowest BCUT2D eigenvalue weighted by molar-refractivity contribution is -0.123. The van der Waals surface area contributed by atoms with Crippen molar-refractivity contribution in [1.82, 2.24) is 5.32 Å². The van der Waals surface area contributed by atoms with Crippen LogP contribution in [0.1, 0.15) is 31.9 Å². The Balaban J connectivity index is 0.00000200. The predicted octanol–water partition coefficient (Wildman–Crippen LogP) is 1.79. The maximum absolute atomic E-state index is 11.8. The number of benzene rings is 1. The van der Waals surface area contributed by atoms with E-state index in [1.54, 1.807) is 0 Å². The quantitative estimate of drug-likeness (QED) is 0.889. The molecule has 1 heterocycles. The lowest BCUT2D eigenvalue weighted by atomic mass is 10.1. The van der Waals surface area contributed by atoms with Gasteiger partial charge in [-0.1, -0.05) is 13.0 Å². The molecular weight excluding hydrogens is 280 g/mol. The second kappa shape index (κ2) is 7.36. The third kappa shape index (κ3) is 3.77. The standard InChI is InChI=1S/C14H20N2O3.ClH/c1-3-11(15)14(17)16-9(2)10-4-5-12-13(8-10)19-7-6-18-12;/h4-5,8-9,11H,3,6-7,15H2,1-2H3,(H,16,17);1H/t9?,11-;/m0./s1. The van der Waals surface area contributed by atoms with E-state index >= 15 is 0 Å². The molecule has 3 N–H and O–H groups in total. The molecule has 2 atom stereocenters. The van der Waals surface area contributed by atoms with Crippen LogP contribution < -0.4 is 20.5 Å². The van der Waals surface area contributed by atoms with Gasteiger partial charge >= 0.3 is 0 Å². The Bertz CT molecular complexity index is 468. The first-order chi connectivity index (χ1) is 9.11. The highest BCUT2D eigenvalue weighted by Crippen LogP contribution is 2.32. The Morgan fingerprint density at radius 1 is 1.35 bits per heavy atom. The Morgan fingerprint density at radius 3 is 2.65 bits per heavy atom. The van der Waals surface area contributed by atoms with Gasteiger partial charge in [-0.2, -0.15) is 0 Å². The molecule has 1 aromatic carbocycles. The van der Waals surface area contributed by atoms with E-state index in [2.05, 4.69) is 5.32 Å². The van der Waals surface area contributed by atoms with Gasteiger partial charge < -0.3 is 20.5 Å². The topological polar surface area (TPSA) is 73.6 Å². The van der Waals surface area contributed by atoms with Gasteiger partial charge in [-0.15, -0.1) is 12.4 Å². The van der Waals surface area contributed by atoms with Crippen molar-refractivity contribution in [1.29, 1.82) is 0 Å². The molecule has 5 nitrogen and oxygen atoms in total. The Labute approximate surface area is 125 Å². The van der Waals surface area contributed by atoms with Crippen molar-refractivity contribution in [2.45, 2.75) is 32.4 Å². The summed E-state index contributed by atoms with van der Waals surface area (Å²) < 4.78 is 11.0. The van der Waals surface area contributed by atoms with Crippen LogP contribution in [-0.4, -0.2) is 25.2 Å². The molecule has 0 fully saturated rings. The van der Waals surface area contributed by atoms with Crippen LogP contribution in [0.4, 0.5) is 0 Å². The summed E-state index contributed by atoms with van der Waals surface area (Å²) >= 11 is 0. The molecule has 1 aliphatic heterocycles. The predicted molar refractivity (Wildman–Crippen MR) is 79.5 cm³/mol. The van der Waals surface area contributed by atoms with Gasteiger partial charge in [0.1, 0.15) is 13.2 Å². The van der Waals surface area contributed by atoms with E-state index in [-0.39, 0.29) is 24.4 Å². The molecule has 20 heavy (non-hydrogen) atoms. The number of hydrogen-bond acceptors (Lipinski definition) is 4. The van der Waals surface area contributed by atoms with Gasteiger partial charge in [0.2, 0.25) is 5.91 Å². The highest BCUT2D eigenvalue weighted by Gasteiger charge is 2.17. The average molecular weight is 301 g/mol. The summed E-state index contributed by atoms with van der Waals surface area (Å²) in [4.78, 5) is 11.8. The molecule has 1 aliphatic rings. The molecule has 6 heteroatoms. The summed E-state index contributed by atoms with van der Waals surface area (Å²) in [6.45, 7) is 4.94. The molecule has 0 aromatic heterocycles. The number of hydrogen-bond donors (Lipinski definition) is 2. The summed E-state index contributed by atoms with van der Waals surface area (Å²) in [6, 6.07) is 5.12. The van der Waals surface area contributed by atoms with Crippen molar-refractivity contribution in [3.05, 3.63) is 23.8 Å². The molecule has 0 saturated carbocycles. The largest absolute Gasteiger partial charge is 0.486 e. The fraction of sp³-hybridized carbons (Fsp3) is 0.500. The van der Waals surface area contributed by atoms with Crippen molar-refractivity contribution in [3.63, 3.8) is 0 Å². The minimum Gasteiger partial charge on any atom is -0.486 e. The number of rotatable bonds is 4. The number of carbonyl (C=O) groups is 1. The SMILES string of the molecule is CC[C@H](N)C(=O)NC(C)c1ccc2c(c1)OCCO2.Cl. The van der Waals surface area contributed by atoms with Crippen molar-refractivity contribution in [3.8, 4) is 11.5 Å². The van der Waals surface area contributed by atoms with Crippen LogP contribution in [0.5, 0.6) is 11.5 Å². The summed E-state index contributed by atoms with van der Waals surface area (Å²) in [5, 5.41) is 2.89. The van der Waals surface area contributed by atoms with Gasteiger partial charge in [-0.3, -0.25) is 4.79 Å². The van der Waals surface area contributed by atoms with E-state index in [4.69, 9.17) is 15.2 Å². The van der Waals surface area contributed by atoms with E-state index in [0.29, 0.717) is 19.6 Å². The van der Waals surface area contributed by atoms with Crippen LogP contribution >= 0.6 is 12.4 Å². The van der Waals surface area contributed by atoms with Crippen LogP contribution in [0.3, 0.4) is 0 Å². The fourth-order valence-electron chi connectivity index (χ4n) is 1.92. The molecule has 1 aromatic rings. The number of halogens is 1. The summed E-state index contributed by atoms with van der Waals surface area (Å²) in [6.07, 6.45) is 0.625. The average Bonchev–Trinajstić information content (AvgIpc) is 2.45. The molecular formula is C14H21ClN2O3. The molecule has 2 rings (SSSR count). The summed E-state index contributed by atoms with van der Waals surface area (Å²) in [5.74, 6) is 1.34. The molecule has 0 radical (unpaired) electrons. The molecule has 0 bridgehead atoms. The van der Waals surface area contributed by atoms with E-state index in [0.717, 1.165) is 17.1 Å². The van der Waals surface area contributed by atoms with Gasteiger partial charge in [-0.25, -0.2) is 0 Å². The molecule has 1 unspecified atom stereocenters. The monoisotopic (exact) mass is 300 g/mol. The highest BCUT2D eigenvalue weighted by atomic mass is 35.5. The van der Waals surface area contributed by atoms with E-state index in [9.17, 15) is 4.79 Å². The second-order valence-corrected chi connectivity index (χ2v) is 4.65. The molecule has 0 aliphatic carbocycles. The number of ether oxygens (including phenoxy) is 2. The maximum atomic E-state index is 11.8. The van der Waals surface area contributed by atoms with Gasteiger partial charge in [0.15, 0.2) is 11.5 Å². The lowest BCUT2D eigenvalue weighted by Gasteiger charge is -2.21. The lowest BCUT2D eigenvalue weighted by Crippen LogP contribution is -2.41. The van der Waals surface area contributed by atoms with Gasteiger partial charge in [-0.05, 0) is 31.0 Å². The molecule has 0 saturated heterocycles. The van der Waals surface area contributed by atoms with Crippen molar-refractivity contribution in [2.24, 2.45) is 5.73 Å². The van der Waals surface area contributed by atoms with Gasteiger partial charge in [0, 0.05) is 0 Å². The minimum absolute atomic E-state index is 0. The van der Waals surface area contributed by atoms with Gasteiger partial charge in [0.25, 0.3) is 0 Å². The molecule has 112 valence electrons. The Kier molecular flexibility index (Phi) is 6.10. The molecule has 1 amide bonds. The van der Waals surface area contributed by atoms with Crippen LogP contribution in [0.25, 0.3) is 0 Å². The van der Waals surface area contributed by atoms with Gasteiger partial charge in [0.05, 0.1) is 12.1 Å². The van der Waals surface area contributed by atoms with E-state index < -0.39 is 6.04 Å².